The van der Waals surface area contributed by atoms with E-state index >= 15 is 0 Å². The molecule has 4 nitrogen and oxygen atoms in total. The maximum absolute atomic E-state index is 13.2. The highest BCUT2D eigenvalue weighted by atomic mass is 16.1. The van der Waals surface area contributed by atoms with Crippen molar-refractivity contribution >= 4 is 5.91 Å². The molecule has 150 valence electrons. The summed E-state index contributed by atoms with van der Waals surface area (Å²) in [7, 11) is 0. The van der Waals surface area contributed by atoms with E-state index in [0.29, 0.717) is 12.0 Å². The number of hydrogen-bond donors (Lipinski definition) is 1. The van der Waals surface area contributed by atoms with Gasteiger partial charge in [0.1, 0.15) is 11.2 Å². The summed E-state index contributed by atoms with van der Waals surface area (Å²) in [6.45, 7) is 4.35. The first kappa shape index (κ1) is 19.4. The largest absolute Gasteiger partial charge is 0.369 e. The van der Waals surface area contributed by atoms with Crippen LogP contribution in [0.15, 0.2) is 73.1 Å². The van der Waals surface area contributed by atoms with Crippen molar-refractivity contribution in [3.05, 3.63) is 90.0 Å². The van der Waals surface area contributed by atoms with Crippen LogP contribution in [0, 0.1) is 5.92 Å². The summed E-state index contributed by atoms with van der Waals surface area (Å²) in [6, 6.07) is 20.5. The third-order valence-electron chi connectivity index (χ3n) is 6.47. The molecular weight excluding hydrogens is 358 g/mol. The Balaban J connectivity index is 1.79. The average Bonchev–Trinajstić information content (AvgIpc) is 3.40. The molecule has 29 heavy (non-hydrogen) atoms. The fourth-order valence-electron chi connectivity index (χ4n) is 5.21. The van der Waals surface area contributed by atoms with Gasteiger partial charge in [0.05, 0.1) is 0 Å². The lowest BCUT2D eigenvalue weighted by Gasteiger charge is -2.38. The normalized spacial score (nSPS) is 19.6. The van der Waals surface area contributed by atoms with Crippen LogP contribution < -0.4 is 5.73 Å². The highest BCUT2D eigenvalue weighted by Crippen LogP contribution is 2.50. The molecule has 1 amide bonds. The molecule has 1 fully saturated rings. The highest BCUT2D eigenvalue weighted by Gasteiger charge is 2.50. The number of nitrogens with zero attached hydrogens (tertiary/aromatic N) is 2. The Labute approximate surface area is 172 Å². The molecule has 4 rings (SSSR count). The predicted octanol–water partition coefficient (Wildman–Crippen LogP) is 4.82. The molecule has 1 aliphatic rings. The number of rotatable bonds is 6. The number of imidazole rings is 1. The zero-order valence-corrected chi connectivity index (χ0v) is 17.2. The number of carbonyl (C=O) groups is 1. The number of aromatic nitrogens is 2. The molecule has 1 heterocycles. The van der Waals surface area contributed by atoms with Crippen LogP contribution in [0.3, 0.4) is 0 Å². The molecule has 2 aromatic carbocycles. The Hall–Kier alpha value is -2.88. The number of primary amides is 1. The zero-order valence-electron chi connectivity index (χ0n) is 17.2. The Morgan fingerprint density at radius 2 is 1.62 bits per heavy atom. The maximum Gasteiger partial charge on any atom is 0.232 e. The fraction of sp³-hybridized carbons (Fsp3) is 0.360. The molecule has 3 aromatic rings. The van der Waals surface area contributed by atoms with E-state index in [1.807, 2.05) is 66.9 Å². The van der Waals surface area contributed by atoms with Gasteiger partial charge in [0, 0.05) is 24.4 Å². The van der Waals surface area contributed by atoms with Gasteiger partial charge in [-0.25, -0.2) is 4.98 Å². The van der Waals surface area contributed by atoms with Crippen LogP contribution in [0.2, 0.25) is 0 Å². The van der Waals surface area contributed by atoms with Crippen molar-refractivity contribution in [2.45, 2.75) is 50.5 Å². The molecule has 1 saturated carbocycles. The van der Waals surface area contributed by atoms with E-state index in [1.165, 1.54) is 0 Å². The van der Waals surface area contributed by atoms with Gasteiger partial charge >= 0.3 is 0 Å². The maximum atomic E-state index is 13.2. The van der Waals surface area contributed by atoms with Gasteiger partial charge in [0.25, 0.3) is 0 Å². The van der Waals surface area contributed by atoms with E-state index < -0.39 is 5.41 Å². The summed E-state index contributed by atoms with van der Waals surface area (Å²) >= 11 is 0. The van der Waals surface area contributed by atoms with Crippen LogP contribution in [0.25, 0.3) is 0 Å². The van der Waals surface area contributed by atoms with Gasteiger partial charge in [-0.15, -0.1) is 0 Å². The first-order valence-corrected chi connectivity index (χ1v) is 10.5. The highest BCUT2D eigenvalue weighted by molar-refractivity contribution is 5.91. The van der Waals surface area contributed by atoms with Gasteiger partial charge in [-0.3, -0.25) is 4.79 Å². The molecule has 4 heteroatoms. The van der Waals surface area contributed by atoms with Crippen molar-refractivity contribution in [3.8, 4) is 0 Å². The zero-order chi connectivity index (χ0) is 20.4. The quantitative estimate of drug-likeness (QED) is 0.659. The smallest absolute Gasteiger partial charge is 0.232 e. The second-order valence-corrected chi connectivity index (χ2v) is 8.42. The lowest BCUT2D eigenvalue weighted by molar-refractivity contribution is -0.123. The molecule has 0 bridgehead atoms. The minimum absolute atomic E-state index is 0.136. The number of amides is 1. The summed E-state index contributed by atoms with van der Waals surface area (Å²) in [6.07, 6.45) is 6.85. The van der Waals surface area contributed by atoms with E-state index in [2.05, 4.69) is 29.6 Å². The van der Waals surface area contributed by atoms with Crippen LogP contribution >= 0.6 is 0 Å². The monoisotopic (exact) mass is 387 g/mol. The number of benzene rings is 2. The predicted molar refractivity (Wildman–Crippen MR) is 116 cm³/mol. The summed E-state index contributed by atoms with van der Waals surface area (Å²) in [5.41, 5.74) is 7.35. The number of nitrogens with two attached hydrogens (primary N) is 1. The van der Waals surface area contributed by atoms with Crippen LogP contribution in [-0.2, 0) is 10.2 Å². The number of hydrogen-bond acceptors (Lipinski definition) is 2. The fourth-order valence-corrected chi connectivity index (χ4v) is 5.21. The molecule has 2 N–H and O–H groups in total. The van der Waals surface area contributed by atoms with E-state index in [9.17, 15) is 4.79 Å². The molecule has 1 aliphatic carbocycles. The SMILES string of the molecule is CC(C)c1nccn1[C@H]1CC[C@@H](C(C(N)=O)(c2ccccc2)c2ccccc2)C1. The van der Waals surface area contributed by atoms with E-state index in [4.69, 9.17) is 5.73 Å². The van der Waals surface area contributed by atoms with E-state index in [1.54, 1.807) is 0 Å². The first-order chi connectivity index (χ1) is 14.0. The molecular formula is C25H29N3O. The van der Waals surface area contributed by atoms with Gasteiger partial charge < -0.3 is 10.3 Å². The van der Waals surface area contributed by atoms with Crippen LogP contribution in [0.1, 0.15) is 62.0 Å². The minimum Gasteiger partial charge on any atom is -0.369 e. The number of carbonyl (C=O) groups excluding carboxylic acids is 1. The second-order valence-electron chi connectivity index (χ2n) is 8.42. The average molecular weight is 388 g/mol. The topological polar surface area (TPSA) is 60.9 Å². The standard InChI is InChI=1S/C25H29N3O/c1-18(2)23-27-15-16-28(23)22-14-13-21(17-22)25(24(26)29,19-9-5-3-6-10-19)20-11-7-4-8-12-20/h3-12,15-16,18,21-22H,13-14,17H2,1-2H3,(H2,26,29)/t21-,22+/m1/s1. The summed E-state index contributed by atoms with van der Waals surface area (Å²) in [5.74, 6) is 1.35. The third-order valence-corrected chi connectivity index (χ3v) is 6.47. The van der Waals surface area contributed by atoms with Crippen LogP contribution in [0.5, 0.6) is 0 Å². The summed E-state index contributed by atoms with van der Waals surface area (Å²) in [4.78, 5) is 17.8. The van der Waals surface area contributed by atoms with Crippen LogP contribution in [-0.4, -0.2) is 15.5 Å². The third kappa shape index (κ3) is 3.27. The lowest BCUT2D eigenvalue weighted by Crippen LogP contribution is -2.47. The molecule has 0 spiro atoms. The van der Waals surface area contributed by atoms with Gasteiger partial charge in [-0.05, 0) is 36.3 Å². The minimum atomic E-state index is -0.824. The van der Waals surface area contributed by atoms with E-state index in [-0.39, 0.29) is 11.8 Å². The Kier molecular flexibility index (Phi) is 5.27. The molecule has 0 saturated heterocycles. The van der Waals surface area contributed by atoms with E-state index in [0.717, 1.165) is 36.2 Å². The molecule has 0 unspecified atom stereocenters. The van der Waals surface area contributed by atoms with Crippen molar-refractivity contribution in [2.24, 2.45) is 11.7 Å². The van der Waals surface area contributed by atoms with Crippen molar-refractivity contribution < 1.29 is 4.79 Å². The van der Waals surface area contributed by atoms with Gasteiger partial charge in [0.2, 0.25) is 5.91 Å². The summed E-state index contributed by atoms with van der Waals surface area (Å²) < 4.78 is 2.31. The molecule has 0 radical (unpaired) electrons. The van der Waals surface area contributed by atoms with Crippen molar-refractivity contribution in [3.63, 3.8) is 0 Å². The Bertz CT molecular complexity index is 923. The van der Waals surface area contributed by atoms with Crippen molar-refractivity contribution in [2.75, 3.05) is 0 Å². The van der Waals surface area contributed by atoms with Gasteiger partial charge in [-0.2, -0.15) is 0 Å². The molecule has 1 aromatic heterocycles. The van der Waals surface area contributed by atoms with Gasteiger partial charge in [-0.1, -0.05) is 74.5 Å². The molecule has 0 aliphatic heterocycles. The van der Waals surface area contributed by atoms with Crippen molar-refractivity contribution in [1.82, 2.24) is 9.55 Å². The van der Waals surface area contributed by atoms with Gasteiger partial charge in [0.15, 0.2) is 0 Å². The first-order valence-electron chi connectivity index (χ1n) is 10.5. The Morgan fingerprint density at radius 1 is 1.03 bits per heavy atom. The Morgan fingerprint density at radius 3 is 2.14 bits per heavy atom. The second kappa shape index (κ2) is 7.86. The molecule has 2 atom stereocenters. The summed E-state index contributed by atoms with van der Waals surface area (Å²) in [5, 5.41) is 0. The van der Waals surface area contributed by atoms with Crippen molar-refractivity contribution in [1.29, 1.82) is 0 Å². The lowest BCUT2D eigenvalue weighted by atomic mass is 9.64. The van der Waals surface area contributed by atoms with Crippen LogP contribution in [0.4, 0.5) is 0 Å².